The van der Waals surface area contributed by atoms with Crippen molar-refractivity contribution in [2.75, 3.05) is 24.5 Å². The summed E-state index contributed by atoms with van der Waals surface area (Å²) in [6.07, 6.45) is 0. The third kappa shape index (κ3) is 7.55. The van der Waals surface area contributed by atoms with Gasteiger partial charge in [-0.05, 0) is 67.3 Å². The Morgan fingerprint density at radius 2 is 1.60 bits per heavy atom. The monoisotopic (exact) mass is 585 g/mol. The van der Waals surface area contributed by atoms with Crippen LogP contribution in [0.5, 0.6) is 5.75 Å². The summed E-state index contributed by atoms with van der Waals surface area (Å²) in [5.74, 6) is 0.00831. The minimum absolute atomic E-state index is 0.0339. The van der Waals surface area contributed by atoms with Crippen molar-refractivity contribution in [3.05, 3.63) is 88.9 Å². The molecule has 214 valence electrons. The van der Waals surface area contributed by atoms with Crippen LogP contribution in [0.3, 0.4) is 0 Å². The van der Waals surface area contributed by atoms with E-state index in [9.17, 15) is 18.0 Å². The molecule has 8 nitrogen and oxygen atoms in total. The molecule has 0 spiro atoms. The van der Waals surface area contributed by atoms with Gasteiger partial charge in [0.15, 0.2) is 0 Å². The number of hydrogen-bond donors (Lipinski definition) is 1. The van der Waals surface area contributed by atoms with Gasteiger partial charge in [-0.2, -0.15) is 0 Å². The highest BCUT2D eigenvalue weighted by Crippen LogP contribution is 2.31. The van der Waals surface area contributed by atoms with Gasteiger partial charge in [0.25, 0.3) is 10.0 Å². The van der Waals surface area contributed by atoms with Crippen LogP contribution in [0.4, 0.5) is 5.69 Å². The van der Waals surface area contributed by atoms with E-state index in [2.05, 4.69) is 5.32 Å². The normalized spacial score (nSPS) is 12.1. The number of nitrogens with zero attached hydrogens (tertiary/aromatic N) is 2. The first-order chi connectivity index (χ1) is 18.9. The van der Waals surface area contributed by atoms with Crippen molar-refractivity contribution < 1.29 is 22.7 Å². The van der Waals surface area contributed by atoms with E-state index in [1.807, 2.05) is 13.8 Å². The lowest BCUT2D eigenvalue weighted by Gasteiger charge is -2.32. The number of hydrogen-bond acceptors (Lipinski definition) is 5. The first kappa shape index (κ1) is 31.0. The predicted molar refractivity (Wildman–Crippen MR) is 158 cm³/mol. The van der Waals surface area contributed by atoms with Gasteiger partial charge in [-0.25, -0.2) is 8.42 Å². The maximum Gasteiger partial charge on any atom is 0.264 e. The molecule has 40 heavy (non-hydrogen) atoms. The predicted octanol–water partition coefficient (Wildman–Crippen LogP) is 5.04. The zero-order valence-corrected chi connectivity index (χ0v) is 25.0. The van der Waals surface area contributed by atoms with Gasteiger partial charge in [-0.15, -0.1) is 0 Å². The highest BCUT2D eigenvalue weighted by molar-refractivity contribution is 7.92. The van der Waals surface area contributed by atoms with Crippen LogP contribution in [-0.2, 0) is 26.2 Å². The fourth-order valence-electron chi connectivity index (χ4n) is 4.06. The van der Waals surface area contributed by atoms with Gasteiger partial charge >= 0.3 is 0 Å². The minimum atomic E-state index is -4.16. The number of benzene rings is 3. The largest absolute Gasteiger partial charge is 0.497 e. The molecule has 0 bridgehead atoms. The first-order valence-electron chi connectivity index (χ1n) is 13.0. The van der Waals surface area contributed by atoms with Crippen LogP contribution >= 0.6 is 11.6 Å². The summed E-state index contributed by atoms with van der Waals surface area (Å²) >= 11 is 6.36. The van der Waals surface area contributed by atoms with Crippen molar-refractivity contribution in [2.24, 2.45) is 5.92 Å². The molecule has 0 saturated heterocycles. The summed E-state index contributed by atoms with van der Waals surface area (Å²) < 4.78 is 34.1. The number of ether oxygens (including phenoxy) is 1. The Labute approximate surface area is 241 Å². The Bertz CT molecular complexity index is 1410. The second-order valence-corrected chi connectivity index (χ2v) is 12.2. The molecular weight excluding hydrogens is 550 g/mol. The molecule has 3 aromatic rings. The molecule has 0 aliphatic rings. The van der Waals surface area contributed by atoms with Crippen molar-refractivity contribution in [3.63, 3.8) is 0 Å². The van der Waals surface area contributed by atoms with Crippen LogP contribution in [0.15, 0.2) is 77.7 Å². The topological polar surface area (TPSA) is 96.0 Å². The minimum Gasteiger partial charge on any atom is -0.497 e. The molecule has 10 heteroatoms. The van der Waals surface area contributed by atoms with Gasteiger partial charge in [-0.3, -0.25) is 13.9 Å². The smallest absolute Gasteiger partial charge is 0.264 e. The van der Waals surface area contributed by atoms with E-state index >= 15 is 0 Å². The SMILES string of the molecule is COc1ccc(CN(C(=O)CN(c2cccc(Cl)c2C)S(=O)(=O)c2ccccc2)C(C)C(=O)NCC(C)C)cc1. The molecule has 0 saturated carbocycles. The number of amides is 2. The Hall–Kier alpha value is -3.56. The number of rotatable bonds is 12. The summed E-state index contributed by atoms with van der Waals surface area (Å²) in [6.45, 7) is 7.30. The number of halogens is 1. The number of carbonyl (C=O) groups excluding carboxylic acids is 2. The molecule has 3 aromatic carbocycles. The third-order valence-electron chi connectivity index (χ3n) is 6.48. The molecular formula is C30H36ClN3O5S. The zero-order valence-electron chi connectivity index (χ0n) is 23.4. The lowest BCUT2D eigenvalue weighted by Crippen LogP contribution is -2.51. The molecule has 0 fully saturated rings. The van der Waals surface area contributed by atoms with E-state index in [0.29, 0.717) is 22.9 Å². The molecule has 1 atom stereocenters. The lowest BCUT2D eigenvalue weighted by molar-refractivity contribution is -0.139. The van der Waals surface area contributed by atoms with Crippen LogP contribution in [0, 0.1) is 12.8 Å². The van der Waals surface area contributed by atoms with Crippen LogP contribution in [0.2, 0.25) is 5.02 Å². The maximum atomic E-state index is 14.0. The second kappa shape index (κ2) is 13.7. The molecule has 3 rings (SSSR count). The van der Waals surface area contributed by atoms with Crippen molar-refractivity contribution >= 4 is 39.1 Å². The molecule has 0 aromatic heterocycles. The zero-order chi connectivity index (χ0) is 29.4. The van der Waals surface area contributed by atoms with E-state index in [1.165, 1.54) is 17.0 Å². The molecule has 0 aliphatic heterocycles. The molecule has 1 unspecified atom stereocenters. The van der Waals surface area contributed by atoms with Gasteiger partial charge < -0.3 is 15.0 Å². The number of carbonyl (C=O) groups is 2. The quantitative estimate of drug-likeness (QED) is 0.321. The first-order valence-corrected chi connectivity index (χ1v) is 14.8. The average molecular weight is 586 g/mol. The highest BCUT2D eigenvalue weighted by atomic mass is 35.5. The Morgan fingerprint density at radius 1 is 0.950 bits per heavy atom. The lowest BCUT2D eigenvalue weighted by atomic mass is 10.1. The summed E-state index contributed by atoms with van der Waals surface area (Å²) in [6, 6.07) is 19.1. The van der Waals surface area contributed by atoms with Gasteiger partial charge in [0, 0.05) is 18.1 Å². The van der Waals surface area contributed by atoms with E-state index in [1.54, 1.807) is 81.6 Å². The average Bonchev–Trinajstić information content (AvgIpc) is 2.95. The fraction of sp³-hybridized carbons (Fsp3) is 0.333. The Kier molecular flexibility index (Phi) is 10.6. The Morgan fingerprint density at radius 3 is 2.20 bits per heavy atom. The standard InChI is InChI=1S/C30H36ClN3O5S/c1-21(2)18-32-30(36)23(4)33(19-24-14-16-25(39-5)17-15-24)29(35)20-34(28-13-9-12-27(31)22(28)3)40(37,38)26-10-7-6-8-11-26/h6-17,21,23H,18-20H2,1-5H3,(H,32,36). The van der Waals surface area contributed by atoms with Gasteiger partial charge in [0.1, 0.15) is 18.3 Å². The molecule has 0 radical (unpaired) electrons. The molecule has 0 aliphatic carbocycles. The third-order valence-corrected chi connectivity index (χ3v) is 8.67. The summed E-state index contributed by atoms with van der Waals surface area (Å²) in [4.78, 5) is 28.5. The number of sulfonamides is 1. The molecule has 0 heterocycles. The summed E-state index contributed by atoms with van der Waals surface area (Å²) in [7, 11) is -2.60. The van der Waals surface area contributed by atoms with Gasteiger partial charge in [0.2, 0.25) is 11.8 Å². The number of nitrogens with one attached hydrogen (secondary N) is 1. The second-order valence-electron chi connectivity index (χ2n) is 9.89. The van der Waals surface area contributed by atoms with Crippen LogP contribution in [0.25, 0.3) is 0 Å². The van der Waals surface area contributed by atoms with Gasteiger partial charge in [-0.1, -0.05) is 61.8 Å². The number of methoxy groups -OCH3 is 1. The van der Waals surface area contributed by atoms with Crippen LogP contribution in [0.1, 0.15) is 31.9 Å². The maximum absolute atomic E-state index is 14.0. The van der Waals surface area contributed by atoms with Crippen molar-refractivity contribution in [1.29, 1.82) is 0 Å². The van der Waals surface area contributed by atoms with Crippen molar-refractivity contribution in [2.45, 2.75) is 45.2 Å². The van der Waals surface area contributed by atoms with Crippen molar-refractivity contribution in [3.8, 4) is 5.75 Å². The Balaban J connectivity index is 2.03. The summed E-state index contributed by atoms with van der Waals surface area (Å²) in [5, 5.41) is 3.25. The van der Waals surface area contributed by atoms with Gasteiger partial charge in [0.05, 0.1) is 17.7 Å². The fourth-order valence-corrected chi connectivity index (χ4v) is 5.72. The molecule has 2 amide bonds. The highest BCUT2D eigenvalue weighted by Gasteiger charge is 2.33. The van der Waals surface area contributed by atoms with E-state index < -0.39 is 28.5 Å². The van der Waals surface area contributed by atoms with Crippen LogP contribution in [-0.4, -0.2) is 51.4 Å². The van der Waals surface area contributed by atoms with E-state index in [4.69, 9.17) is 16.3 Å². The van der Waals surface area contributed by atoms with Crippen molar-refractivity contribution in [1.82, 2.24) is 10.2 Å². The summed E-state index contributed by atoms with van der Waals surface area (Å²) in [5.41, 5.74) is 1.56. The number of anilines is 1. The van der Waals surface area contributed by atoms with E-state index in [-0.39, 0.29) is 29.0 Å². The molecule has 1 N–H and O–H groups in total. The van der Waals surface area contributed by atoms with E-state index in [0.717, 1.165) is 9.87 Å². The van der Waals surface area contributed by atoms with Crippen LogP contribution < -0.4 is 14.4 Å².